The van der Waals surface area contributed by atoms with Gasteiger partial charge in [0.05, 0.1) is 0 Å². The van der Waals surface area contributed by atoms with Crippen molar-refractivity contribution in [3.05, 3.63) is 29.3 Å². The van der Waals surface area contributed by atoms with Crippen molar-refractivity contribution in [2.45, 2.75) is 39.3 Å². The van der Waals surface area contributed by atoms with Crippen molar-refractivity contribution in [2.75, 3.05) is 33.4 Å². The van der Waals surface area contributed by atoms with E-state index in [2.05, 4.69) is 36.2 Å². The van der Waals surface area contributed by atoms with Gasteiger partial charge in [-0.05, 0) is 26.3 Å². The Morgan fingerprint density at radius 1 is 1.48 bits per heavy atom. The molecule has 1 N–H and O–H groups in total. The number of nitrogens with zero attached hydrogens (tertiary/aromatic N) is 1. The number of hydrogen-bond donors (Lipinski definition) is 1. The van der Waals surface area contributed by atoms with Gasteiger partial charge in [-0.2, -0.15) is 0 Å². The lowest BCUT2D eigenvalue weighted by atomic mass is 10.1. The average molecular weight is 320 g/mol. The Bertz CT molecular complexity index is 519. The first kappa shape index (κ1) is 17.8. The van der Waals surface area contributed by atoms with E-state index in [0.29, 0.717) is 19.6 Å². The van der Waals surface area contributed by atoms with E-state index in [1.807, 2.05) is 6.07 Å². The number of carbonyl (C=O) groups is 1. The Balaban J connectivity index is 1.84. The van der Waals surface area contributed by atoms with Crippen molar-refractivity contribution in [1.82, 2.24) is 10.2 Å². The highest BCUT2D eigenvalue weighted by Gasteiger charge is 2.20. The number of hydrogen-bond acceptors (Lipinski definition) is 4. The van der Waals surface area contributed by atoms with Crippen molar-refractivity contribution < 1.29 is 14.3 Å². The largest absolute Gasteiger partial charge is 0.489 e. The van der Waals surface area contributed by atoms with Gasteiger partial charge >= 0.3 is 0 Å². The molecular formula is C18H28N2O3. The molecule has 0 saturated carbocycles. The second-order valence-corrected chi connectivity index (χ2v) is 6.22. The number of methoxy groups -OCH3 is 1. The maximum absolute atomic E-state index is 11.9. The van der Waals surface area contributed by atoms with Crippen LogP contribution in [0.2, 0.25) is 0 Å². The van der Waals surface area contributed by atoms with Crippen LogP contribution in [-0.2, 0) is 16.1 Å². The molecule has 0 bridgehead atoms. The Morgan fingerprint density at radius 3 is 3.09 bits per heavy atom. The molecule has 1 aliphatic rings. The van der Waals surface area contributed by atoms with Gasteiger partial charge in [0.1, 0.15) is 11.9 Å². The van der Waals surface area contributed by atoms with Crippen LogP contribution >= 0.6 is 0 Å². The molecule has 0 fully saturated rings. The highest BCUT2D eigenvalue weighted by Crippen LogP contribution is 2.26. The molecule has 0 radical (unpaired) electrons. The topological polar surface area (TPSA) is 50.8 Å². The molecule has 5 heteroatoms. The predicted octanol–water partition coefficient (Wildman–Crippen LogP) is 2.12. The van der Waals surface area contributed by atoms with Crippen molar-refractivity contribution in [3.8, 4) is 5.75 Å². The minimum absolute atomic E-state index is 0.100. The van der Waals surface area contributed by atoms with E-state index in [-0.39, 0.29) is 12.0 Å². The zero-order valence-corrected chi connectivity index (χ0v) is 14.4. The third kappa shape index (κ3) is 5.84. The molecule has 0 aromatic heterocycles. The van der Waals surface area contributed by atoms with Gasteiger partial charge in [-0.3, -0.25) is 9.69 Å². The second kappa shape index (κ2) is 8.89. The fourth-order valence-corrected chi connectivity index (χ4v) is 2.83. The molecule has 1 heterocycles. The van der Waals surface area contributed by atoms with Crippen LogP contribution in [0.15, 0.2) is 18.2 Å². The Kier molecular flexibility index (Phi) is 6.86. The van der Waals surface area contributed by atoms with Crippen LogP contribution in [-0.4, -0.2) is 50.3 Å². The first-order valence-corrected chi connectivity index (χ1v) is 8.32. The van der Waals surface area contributed by atoms with Crippen LogP contribution in [0.5, 0.6) is 5.75 Å². The van der Waals surface area contributed by atoms with Crippen LogP contribution in [0.4, 0.5) is 0 Å². The summed E-state index contributed by atoms with van der Waals surface area (Å²) in [4.78, 5) is 14.2. The quantitative estimate of drug-likeness (QED) is 0.782. The van der Waals surface area contributed by atoms with Crippen LogP contribution < -0.4 is 10.1 Å². The lowest BCUT2D eigenvalue weighted by molar-refractivity contribution is -0.121. The first-order chi connectivity index (χ1) is 11.1. The summed E-state index contributed by atoms with van der Waals surface area (Å²) < 4.78 is 11.0. The lowest BCUT2D eigenvalue weighted by Gasteiger charge is -2.21. The zero-order valence-electron chi connectivity index (χ0n) is 14.4. The Morgan fingerprint density at radius 2 is 2.30 bits per heavy atom. The van der Waals surface area contributed by atoms with E-state index in [1.54, 1.807) is 7.11 Å². The van der Waals surface area contributed by atoms with E-state index < -0.39 is 0 Å². The fourth-order valence-electron chi connectivity index (χ4n) is 2.83. The average Bonchev–Trinajstić information content (AvgIpc) is 2.67. The van der Waals surface area contributed by atoms with Gasteiger partial charge in [0, 0.05) is 51.9 Å². The van der Waals surface area contributed by atoms with E-state index in [1.165, 1.54) is 11.1 Å². The number of rotatable bonds is 7. The van der Waals surface area contributed by atoms with Crippen molar-refractivity contribution in [2.24, 2.45) is 0 Å². The fraction of sp³-hybridized carbons (Fsp3) is 0.611. The van der Waals surface area contributed by atoms with Gasteiger partial charge < -0.3 is 14.8 Å². The standard InChI is InChI=1S/C18H28N2O3/c1-14-5-6-17-16(11-14)13-20(12-15(2)23-17)9-7-18(21)19-8-4-10-22-3/h5-6,11,15H,4,7-10,12-13H2,1-3H3,(H,19,21). The van der Waals surface area contributed by atoms with Gasteiger partial charge in [0.25, 0.3) is 0 Å². The molecule has 23 heavy (non-hydrogen) atoms. The molecular weight excluding hydrogens is 292 g/mol. The maximum Gasteiger partial charge on any atom is 0.221 e. The number of fused-ring (bicyclic) bond motifs is 1. The summed E-state index contributed by atoms with van der Waals surface area (Å²) >= 11 is 0. The zero-order chi connectivity index (χ0) is 16.7. The molecule has 0 saturated heterocycles. The Hall–Kier alpha value is -1.59. The molecule has 1 atom stereocenters. The summed E-state index contributed by atoms with van der Waals surface area (Å²) in [6.07, 6.45) is 1.49. The summed E-state index contributed by atoms with van der Waals surface area (Å²) in [7, 11) is 1.67. The first-order valence-electron chi connectivity index (χ1n) is 8.32. The van der Waals surface area contributed by atoms with E-state index >= 15 is 0 Å². The van der Waals surface area contributed by atoms with Gasteiger partial charge in [-0.15, -0.1) is 0 Å². The summed E-state index contributed by atoms with van der Waals surface area (Å²) in [6.45, 7) is 7.94. The van der Waals surface area contributed by atoms with Crippen LogP contribution in [0, 0.1) is 6.92 Å². The normalized spacial score (nSPS) is 18.0. The SMILES string of the molecule is COCCCNC(=O)CCN1Cc2cc(C)ccc2OC(C)C1. The number of carbonyl (C=O) groups excluding carboxylic acids is 1. The number of nitrogens with one attached hydrogen (secondary N) is 1. The molecule has 1 unspecified atom stereocenters. The number of benzene rings is 1. The van der Waals surface area contributed by atoms with Gasteiger partial charge in [-0.25, -0.2) is 0 Å². The van der Waals surface area contributed by atoms with E-state index in [4.69, 9.17) is 9.47 Å². The minimum Gasteiger partial charge on any atom is -0.489 e. The highest BCUT2D eigenvalue weighted by molar-refractivity contribution is 5.76. The molecule has 1 aromatic carbocycles. The molecule has 0 aliphatic carbocycles. The molecule has 1 aromatic rings. The third-order valence-electron chi connectivity index (χ3n) is 3.96. The van der Waals surface area contributed by atoms with Gasteiger partial charge in [-0.1, -0.05) is 17.7 Å². The smallest absolute Gasteiger partial charge is 0.221 e. The molecule has 0 spiro atoms. The van der Waals surface area contributed by atoms with E-state index in [0.717, 1.165) is 31.8 Å². The van der Waals surface area contributed by atoms with Gasteiger partial charge in [0.15, 0.2) is 0 Å². The minimum atomic E-state index is 0.100. The van der Waals surface area contributed by atoms with Crippen molar-refractivity contribution in [1.29, 1.82) is 0 Å². The summed E-state index contributed by atoms with van der Waals surface area (Å²) in [5.74, 6) is 1.07. The number of ether oxygens (including phenoxy) is 2. The molecule has 1 aliphatic heterocycles. The monoisotopic (exact) mass is 320 g/mol. The third-order valence-corrected chi connectivity index (χ3v) is 3.96. The predicted molar refractivity (Wildman–Crippen MR) is 90.7 cm³/mol. The highest BCUT2D eigenvalue weighted by atomic mass is 16.5. The number of aryl methyl sites for hydroxylation is 1. The summed E-state index contributed by atoms with van der Waals surface area (Å²) in [6, 6.07) is 6.30. The van der Waals surface area contributed by atoms with Crippen LogP contribution in [0.25, 0.3) is 0 Å². The second-order valence-electron chi connectivity index (χ2n) is 6.22. The van der Waals surface area contributed by atoms with Crippen molar-refractivity contribution in [3.63, 3.8) is 0 Å². The lowest BCUT2D eigenvalue weighted by Crippen LogP contribution is -2.35. The number of amides is 1. The molecule has 1 amide bonds. The molecule has 5 nitrogen and oxygen atoms in total. The maximum atomic E-state index is 11.9. The summed E-state index contributed by atoms with van der Waals surface area (Å²) in [5.41, 5.74) is 2.44. The van der Waals surface area contributed by atoms with Gasteiger partial charge in [0.2, 0.25) is 5.91 Å². The summed E-state index contributed by atoms with van der Waals surface area (Å²) in [5, 5.41) is 2.94. The van der Waals surface area contributed by atoms with E-state index in [9.17, 15) is 4.79 Å². The van der Waals surface area contributed by atoms with Crippen LogP contribution in [0.1, 0.15) is 30.9 Å². The molecule has 2 rings (SSSR count). The Labute approximate surface area is 139 Å². The molecule has 128 valence electrons. The van der Waals surface area contributed by atoms with Crippen molar-refractivity contribution >= 4 is 5.91 Å². The van der Waals surface area contributed by atoms with Crippen LogP contribution in [0.3, 0.4) is 0 Å².